The Labute approximate surface area is 216 Å². The van der Waals surface area contributed by atoms with Gasteiger partial charge in [-0.2, -0.15) is 5.11 Å². The summed E-state index contributed by atoms with van der Waals surface area (Å²) in [4.78, 5) is 0. The van der Waals surface area contributed by atoms with Gasteiger partial charge >= 0.3 is 0 Å². The Hall–Kier alpha value is -4.58. The lowest BCUT2D eigenvalue weighted by Gasteiger charge is -2.39. The molecule has 0 aliphatic carbocycles. The number of benzene rings is 5. The van der Waals surface area contributed by atoms with E-state index in [0.29, 0.717) is 0 Å². The van der Waals surface area contributed by atoms with E-state index >= 15 is 0 Å². The molecular formula is C31H28N6. The molecule has 1 atom stereocenters. The largest absolute Gasteiger partial charge is 0.363 e. The highest BCUT2D eigenvalue weighted by atomic mass is 15.2. The first-order chi connectivity index (χ1) is 18.1. The minimum atomic E-state index is -0.169. The van der Waals surface area contributed by atoms with Gasteiger partial charge in [0.1, 0.15) is 5.66 Å². The van der Waals surface area contributed by atoms with Crippen molar-refractivity contribution in [3.8, 4) is 0 Å². The Morgan fingerprint density at radius 2 is 1.11 bits per heavy atom. The van der Waals surface area contributed by atoms with E-state index in [1.807, 2.05) is 72.8 Å². The Balaban J connectivity index is 1.36. The standard InChI is InChI=1S/C31H28N6/c1-3-20-31(2)32-28-15-9-14-24-27(18-19-29(33-31)30(24)28)37-36-26-17-16-25(22-12-7-8-13-23(22)26)35-34-21-10-5-4-6-11-21/h4-19,32-33H,3,20H2,1-2H3. The van der Waals surface area contributed by atoms with Crippen molar-refractivity contribution in [3.05, 3.63) is 97.1 Å². The van der Waals surface area contributed by atoms with Crippen LogP contribution in [-0.2, 0) is 0 Å². The predicted octanol–water partition coefficient (Wildman–Crippen LogP) is 10.2. The minimum Gasteiger partial charge on any atom is -0.363 e. The molecule has 0 fully saturated rings. The fourth-order valence-corrected chi connectivity index (χ4v) is 5.09. The van der Waals surface area contributed by atoms with Crippen LogP contribution in [0.25, 0.3) is 21.5 Å². The zero-order valence-electron chi connectivity index (χ0n) is 20.9. The number of hydrogen-bond acceptors (Lipinski definition) is 6. The van der Waals surface area contributed by atoms with Crippen molar-refractivity contribution >= 4 is 55.7 Å². The maximum Gasteiger partial charge on any atom is 0.105 e. The van der Waals surface area contributed by atoms with Gasteiger partial charge in [-0.1, -0.05) is 67.9 Å². The molecule has 1 unspecified atom stereocenters. The molecule has 5 aromatic carbocycles. The summed E-state index contributed by atoms with van der Waals surface area (Å²) in [5, 5.41) is 29.9. The average molecular weight is 485 g/mol. The van der Waals surface area contributed by atoms with E-state index in [-0.39, 0.29) is 5.66 Å². The molecule has 5 aromatic rings. The molecular weight excluding hydrogens is 456 g/mol. The summed E-state index contributed by atoms with van der Waals surface area (Å²) in [5.74, 6) is 0. The number of nitrogens with zero attached hydrogens (tertiary/aromatic N) is 4. The molecule has 1 aliphatic rings. The van der Waals surface area contributed by atoms with Gasteiger partial charge in [0.2, 0.25) is 0 Å². The maximum absolute atomic E-state index is 4.71. The summed E-state index contributed by atoms with van der Waals surface area (Å²) in [6.45, 7) is 4.41. The summed E-state index contributed by atoms with van der Waals surface area (Å²) >= 11 is 0. The molecule has 0 bridgehead atoms. The van der Waals surface area contributed by atoms with Crippen LogP contribution in [0.3, 0.4) is 0 Å². The van der Waals surface area contributed by atoms with Crippen molar-refractivity contribution in [2.45, 2.75) is 32.4 Å². The molecule has 6 heteroatoms. The van der Waals surface area contributed by atoms with Crippen LogP contribution >= 0.6 is 0 Å². The highest BCUT2D eigenvalue weighted by molar-refractivity contribution is 6.09. The smallest absolute Gasteiger partial charge is 0.105 e. The van der Waals surface area contributed by atoms with Gasteiger partial charge in [0.05, 0.1) is 22.7 Å². The molecule has 6 nitrogen and oxygen atoms in total. The Kier molecular flexibility index (Phi) is 5.85. The van der Waals surface area contributed by atoms with Crippen molar-refractivity contribution in [1.82, 2.24) is 0 Å². The fraction of sp³-hybridized carbons (Fsp3) is 0.161. The van der Waals surface area contributed by atoms with E-state index in [1.54, 1.807) is 0 Å². The number of hydrogen-bond donors (Lipinski definition) is 2. The highest BCUT2D eigenvalue weighted by Crippen LogP contribution is 2.43. The van der Waals surface area contributed by atoms with Crippen LogP contribution in [0.4, 0.5) is 34.1 Å². The van der Waals surface area contributed by atoms with E-state index in [9.17, 15) is 0 Å². The Bertz CT molecular complexity index is 1640. The predicted molar refractivity (Wildman–Crippen MR) is 153 cm³/mol. The van der Waals surface area contributed by atoms with E-state index in [0.717, 1.165) is 68.5 Å². The lowest BCUT2D eigenvalue weighted by Crippen LogP contribution is -2.45. The van der Waals surface area contributed by atoms with Gasteiger partial charge < -0.3 is 10.6 Å². The minimum absolute atomic E-state index is 0.169. The number of nitrogens with one attached hydrogen (secondary N) is 2. The number of fused-ring (bicyclic) bond motifs is 1. The monoisotopic (exact) mass is 484 g/mol. The molecule has 0 saturated heterocycles. The van der Waals surface area contributed by atoms with Gasteiger partial charge in [0.25, 0.3) is 0 Å². The first-order valence-corrected chi connectivity index (χ1v) is 12.7. The topological polar surface area (TPSA) is 73.5 Å². The molecule has 0 spiro atoms. The van der Waals surface area contributed by atoms with Crippen molar-refractivity contribution in [1.29, 1.82) is 0 Å². The molecule has 182 valence electrons. The molecule has 1 heterocycles. The zero-order valence-corrected chi connectivity index (χ0v) is 20.9. The molecule has 0 saturated carbocycles. The van der Waals surface area contributed by atoms with Crippen LogP contribution in [0, 0.1) is 0 Å². The molecule has 37 heavy (non-hydrogen) atoms. The van der Waals surface area contributed by atoms with E-state index in [4.69, 9.17) is 5.11 Å². The number of anilines is 2. The second-order valence-electron chi connectivity index (χ2n) is 9.58. The van der Waals surface area contributed by atoms with E-state index in [2.05, 4.69) is 64.1 Å². The summed E-state index contributed by atoms with van der Waals surface area (Å²) in [5.41, 5.74) is 5.32. The lowest BCUT2D eigenvalue weighted by molar-refractivity contribution is 0.523. The second-order valence-corrected chi connectivity index (χ2v) is 9.58. The van der Waals surface area contributed by atoms with Gasteiger partial charge in [-0.15, -0.1) is 15.3 Å². The highest BCUT2D eigenvalue weighted by Gasteiger charge is 2.29. The Morgan fingerprint density at radius 1 is 0.568 bits per heavy atom. The SMILES string of the molecule is CCCC1(C)Nc2cccc3c(N=Nc4ccc(N=Nc5ccccc5)c5ccccc45)ccc(c23)N1. The normalized spacial score (nSPS) is 16.9. The average Bonchev–Trinajstić information content (AvgIpc) is 2.92. The first-order valence-electron chi connectivity index (χ1n) is 12.7. The third-order valence-electron chi connectivity index (χ3n) is 6.76. The quantitative estimate of drug-likeness (QED) is 0.235. The van der Waals surface area contributed by atoms with Gasteiger partial charge in [-0.25, -0.2) is 0 Å². The van der Waals surface area contributed by atoms with Crippen molar-refractivity contribution in [3.63, 3.8) is 0 Å². The maximum atomic E-state index is 4.71. The van der Waals surface area contributed by atoms with Crippen LogP contribution in [0.15, 0.2) is 118 Å². The molecule has 6 rings (SSSR count). The number of azo groups is 2. The van der Waals surface area contributed by atoms with Gasteiger partial charge in [0.15, 0.2) is 0 Å². The summed E-state index contributed by atoms with van der Waals surface area (Å²) in [6, 6.07) is 32.2. The van der Waals surface area contributed by atoms with Crippen LogP contribution in [0.2, 0.25) is 0 Å². The lowest BCUT2D eigenvalue weighted by atomic mass is 9.97. The molecule has 2 N–H and O–H groups in total. The van der Waals surface area contributed by atoms with E-state index in [1.165, 1.54) is 0 Å². The molecule has 0 aromatic heterocycles. The van der Waals surface area contributed by atoms with Crippen molar-refractivity contribution < 1.29 is 0 Å². The van der Waals surface area contributed by atoms with Gasteiger partial charge in [0, 0.05) is 32.9 Å². The van der Waals surface area contributed by atoms with Crippen LogP contribution in [-0.4, -0.2) is 5.66 Å². The molecule has 0 amide bonds. The van der Waals surface area contributed by atoms with Crippen molar-refractivity contribution in [2.24, 2.45) is 20.5 Å². The summed E-state index contributed by atoms with van der Waals surface area (Å²) < 4.78 is 0. The third kappa shape index (κ3) is 4.42. The summed E-state index contributed by atoms with van der Waals surface area (Å²) in [6.07, 6.45) is 2.12. The second kappa shape index (κ2) is 9.47. The summed E-state index contributed by atoms with van der Waals surface area (Å²) in [7, 11) is 0. The van der Waals surface area contributed by atoms with Crippen LogP contribution in [0.5, 0.6) is 0 Å². The fourth-order valence-electron chi connectivity index (χ4n) is 5.09. The van der Waals surface area contributed by atoms with Crippen molar-refractivity contribution in [2.75, 3.05) is 10.6 Å². The third-order valence-corrected chi connectivity index (χ3v) is 6.76. The first kappa shape index (κ1) is 22.9. The zero-order chi connectivity index (χ0) is 25.2. The molecule has 1 aliphatic heterocycles. The van der Waals surface area contributed by atoms with Gasteiger partial charge in [-0.3, -0.25) is 0 Å². The number of rotatable bonds is 6. The van der Waals surface area contributed by atoms with Crippen LogP contribution in [0.1, 0.15) is 26.7 Å². The Morgan fingerprint density at radius 3 is 1.78 bits per heavy atom. The molecule has 0 radical (unpaired) electrons. The van der Waals surface area contributed by atoms with E-state index < -0.39 is 0 Å². The van der Waals surface area contributed by atoms with Gasteiger partial charge in [-0.05, 0) is 55.8 Å². The van der Waals surface area contributed by atoms with Crippen LogP contribution < -0.4 is 10.6 Å².